The van der Waals surface area contributed by atoms with Crippen LogP contribution in [0.5, 0.6) is 0 Å². The molecule has 1 N–H and O–H groups in total. The van der Waals surface area contributed by atoms with Crippen molar-refractivity contribution in [3.05, 3.63) is 35.1 Å². The van der Waals surface area contributed by atoms with E-state index in [1.165, 1.54) is 30.2 Å². The van der Waals surface area contributed by atoms with Crippen molar-refractivity contribution in [3.8, 4) is 0 Å². The molecule has 3 unspecified atom stereocenters. The monoisotopic (exact) mass is 335 g/mol. The summed E-state index contributed by atoms with van der Waals surface area (Å²) in [4.78, 5) is 26.1. The first-order valence-electron chi connectivity index (χ1n) is 8.35. The van der Waals surface area contributed by atoms with Gasteiger partial charge in [-0.3, -0.25) is 4.79 Å². The van der Waals surface area contributed by atoms with E-state index < -0.39 is 17.8 Å². The Morgan fingerprint density at radius 1 is 1.33 bits per heavy atom. The van der Waals surface area contributed by atoms with Crippen molar-refractivity contribution in [2.75, 3.05) is 7.11 Å². The van der Waals surface area contributed by atoms with E-state index in [1.54, 1.807) is 0 Å². The Morgan fingerprint density at radius 2 is 2.08 bits per heavy atom. The van der Waals surface area contributed by atoms with E-state index in [9.17, 15) is 19.1 Å². The van der Waals surface area contributed by atoms with Gasteiger partial charge in [-0.2, -0.15) is 0 Å². The third kappa shape index (κ3) is 3.02. The Hall–Kier alpha value is -1.95. The summed E-state index contributed by atoms with van der Waals surface area (Å²) in [5, 5.41) is 9.54. The average Bonchev–Trinajstić information content (AvgIpc) is 2.96. The van der Waals surface area contributed by atoms with Crippen molar-refractivity contribution in [2.24, 2.45) is 5.92 Å². The summed E-state index contributed by atoms with van der Waals surface area (Å²) in [6, 6.07) is 3.32. The number of aliphatic carboxylic acids is 1. The zero-order chi connectivity index (χ0) is 17.3. The molecule has 1 saturated heterocycles. The molecule has 3 atom stereocenters. The Bertz CT molecular complexity index is 648. The van der Waals surface area contributed by atoms with Gasteiger partial charge in [0.1, 0.15) is 11.9 Å². The smallest absolute Gasteiger partial charge is 0.326 e. The number of ether oxygens (including phenoxy) is 1. The molecule has 0 aromatic heterocycles. The minimum Gasteiger partial charge on any atom is -0.480 e. The number of nitrogens with zero attached hydrogens (tertiary/aromatic N) is 1. The highest BCUT2D eigenvalue weighted by molar-refractivity contribution is 5.97. The van der Waals surface area contributed by atoms with Crippen LogP contribution in [0.25, 0.3) is 0 Å². The molecule has 0 spiro atoms. The molecule has 0 bridgehead atoms. The SMILES string of the molecule is COCc1cc(C(=O)N2C(C(=O)O)CC3CCCCC32)ccc1F. The minimum atomic E-state index is -0.961. The molecule has 1 aromatic carbocycles. The van der Waals surface area contributed by atoms with Gasteiger partial charge in [0, 0.05) is 24.3 Å². The molecule has 5 nitrogen and oxygen atoms in total. The quantitative estimate of drug-likeness (QED) is 0.919. The lowest BCUT2D eigenvalue weighted by Crippen LogP contribution is -2.46. The molecule has 1 amide bonds. The van der Waals surface area contributed by atoms with Gasteiger partial charge in [-0.1, -0.05) is 12.8 Å². The Balaban J connectivity index is 1.91. The van der Waals surface area contributed by atoms with Crippen molar-refractivity contribution in [1.29, 1.82) is 0 Å². The van der Waals surface area contributed by atoms with Crippen LogP contribution in [0.4, 0.5) is 4.39 Å². The molecule has 2 aliphatic rings. The maximum absolute atomic E-state index is 13.8. The first kappa shape index (κ1) is 16.9. The molecule has 1 aromatic rings. The van der Waals surface area contributed by atoms with Gasteiger partial charge in [0.15, 0.2) is 0 Å². The van der Waals surface area contributed by atoms with Crippen LogP contribution in [0.1, 0.15) is 48.0 Å². The summed E-state index contributed by atoms with van der Waals surface area (Å²) in [5.74, 6) is -1.46. The molecular weight excluding hydrogens is 313 g/mol. The van der Waals surface area contributed by atoms with Crippen LogP contribution in [0.2, 0.25) is 0 Å². The maximum Gasteiger partial charge on any atom is 0.326 e. The normalized spacial score (nSPS) is 26.2. The van der Waals surface area contributed by atoms with Gasteiger partial charge in [0.05, 0.1) is 6.61 Å². The summed E-state index contributed by atoms with van der Waals surface area (Å²) in [7, 11) is 1.46. The number of carbonyl (C=O) groups is 2. The summed E-state index contributed by atoms with van der Waals surface area (Å²) in [5.41, 5.74) is 0.621. The molecule has 3 rings (SSSR count). The first-order chi connectivity index (χ1) is 11.5. The fourth-order valence-electron chi connectivity index (χ4n) is 4.10. The van der Waals surface area contributed by atoms with Gasteiger partial charge in [-0.15, -0.1) is 0 Å². The Kier molecular flexibility index (Phi) is 4.85. The largest absolute Gasteiger partial charge is 0.480 e. The molecule has 2 fully saturated rings. The number of halogens is 1. The number of amides is 1. The van der Waals surface area contributed by atoms with Gasteiger partial charge in [-0.05, 0) is 43.4 Å². The van der Waals surface area contributed by atoms with Crippen molar-refractivity contribution in [3.63, 3.8) is 0 Å². The first-order valence-corrected chi connectivity index (χ1v) is 8.35. The average molecular weight is 335 g/mol. The highest BCUT2D eigenvalue weighted by Crippen LogP contribution is 2.40. The van der Waals surface area contributed by atoms with E-state index in [0.717, 1.165) is 25.7 Å². The molecule has 1 aliphatic heterocycles. The van der Waals surface area contributed by atoms with Crippen LogP contribution in [0, 0.1) is 11.7 Å². The van der Waals surface area contributed by atoms with Crippen molar-refractivity contribution in [1.82, 2.24) is 4.90 Å². The molecular formula is C18H22FNO4. The van der Waals surface area contributed by atoms with Gasteiger partial charge >= 0.3 is 5.97 Å². The second-order valence-electron chi connectivity index (χ2n) is 6.65. The predicted octanol–water partition coefficient (Wildman–Crippen LogP) is 2.83. The van der Waals surface area contributed by atoms with Crippen LogP contribution in [-0.4, -0.2) is 41.1 Å². The highest BCUT2D eigenvalue weighted by Gasteiger charge is 2.47. The lowest BCUT2D eigenvalue weighted by molar-refractivity contribution is -0.141. The summed E-state index contributed by atoms with van der Waals surface area (Å²) < 4.78 is 18.7. The van der Waals surface area contributed by atoms with Crippen LogP contribution in [0.15, 0.2) is 18.2 Å². The van der Waals surface area contributed by atoms with Crippen molar-refractivity contribution in [2.45, 2.75) is 50.8 Å². The number of carbonyl (C=O) groups excluding carboxylic acids is 1. The lowest BCUT2D eigenvalue weighted by Gasteiger charge is -2.33. The Morgan fingerprint density at radius 3 is 2.79 bits per heavy atom. The fourth-order valence-corrected chi connectivity index (χ4v) is 4.10. The minimum absolute atomic E-state index is 0.0247. The fraction of sp³-hybridized carbons (Fsp3) is 0.556. The van der Waals surface area contributed by atoms with E-state index in [1.807, 2.05) is 0 Å². The molecule has 1 aliphatic carbocycles. The summed E-state index contributed by atoms with van der Waals surface area (Å²) >= 11 is 0. The number of fused-ring (bicyclic) bond motifs is 1. The van der Waals surface area contributed by atoms with Crippen LogP contribution >= 0.6 is 0 Å². The molecule has 6 heteroatoms. The number of rotatable bonds is 4. The second-order valence-corrected chi connectivity index (χ2v) is 6.65. The number of likely N-dealkylation sites (tertiary alicyclic amines) is 1. The zero-order valence-electron chi connectivity index (χ0n) is 13.7. The number of carboxylic acids is 1. The molecule has 1 heterocycles. The number of hydrogen-bond donors (Lipinski definition) is 1. The van der Waals surface area contributed by atoms with E-state index in [0.29, 0.717) is 17.5 Å². The van der Waals surface area contributed by atoms with Gasteiger partial charge in [-0.25, -0.2) is 9.18 Å². The highest BCUT2D eigenvalue weighted by atomic mass is 19.1. The van der Waals surface area contributed by atoms with Crippen molar-refractivity contribution < 1.29 is 23.8 Å². The second kappa shape index (κ2) is 6.89. The summed E-state index contributed by atoms with van der Waals surface area (Å²) in [6.07, 6.45) is 4.42. The number of hydrogen-bond acceptors (Lipinski definition) is 3. The maximum atomic E-state index is 13.8. The number of methoxy groups -OCH3 is 1. The third-order valence-corrected chi connectivity index (χ3v) is 5.20. The molecule has 0 radical (unpaired) electrons. The lowest BCUT2D eigenvalue weighted by atomic mass is 9.84. The van der Waals surface area contributed by atoms with E-state index >= 15 is 0 Å². The van der Waals surface area contributed by atoms with Crippen molar-refractivity contribution >= 4 is 11.9 Å². The number of benzene rings is 1. The molecule has 130 valence electrons. The topological polar surface area (TPSA) is 66.8 Å². The van der Waals surface area contributed by atoms with Crippen LogP contribution in [0.3, 0.4) is 0 Å². The summed E-state index contributed by atoms with van der Waals surface area (Å²) in [6.45, 7) is 0.0708. The predicted molar refractivity (Wildman–Crippen MR) is 85.1 cm³/mol. The van der Waals surface area contributed by atoms with Gasteiger partial charge in [0.2, 0.25) is 0 Å². The van der Waals surface area contributed by atoms with E-state index in [4.69, 9.17) is 4.74 Å². The Labute approximate surface area is 140 Å². The molecule has 1 saturated carbocycles. The standard InChI is InChI=1S/C18H22FNO4/c1-24-10-13-8-12(6-7-14(13)19)17(21)20-15-5-3-2-4-11(15)9-16(20)18(22)23/h6-8,11,15-16H,2-5,9-10H2,1H3,(H,22,23). The van der Waals surface area contributed by atoms with Crippen LogP contribution < -0.4 is 0 Å². The zero-order valence-corrected chi connectivity index (χ0v) is 13.7. The van der Waals surface area contributed by atoms with Gasteiger partial charge in [0.25, 0.3) is 5.91 Å². The van der Waals surface area contributed by atoms with Gasteiger partial charge < -0.3 is 14.7 Å². The van der Waals surface area contributed by atoms with Crippen LogP contribution in [-0.2, 0) is 16.1 Å². The third-order valence-electron chi connectivity index (χ3n) is 5.20. The molecule has 24 heavy (non-hydrogen) atoms. The number of carboxylic acid groups (broad SMARTS) is 1. The van der Waals surface area contributed by atoms with E-state index in [2.05, 4.69) is 0 Å². The van der Waals surface area contributed by atoms with E-state index in [-0.39, 0.29) is 24.5 Å².